The minimum atomic E-state index is -0.812. The Morgan fingerprint density at radius 3 is 2.42 bits per heavy atom. The Bertz CT molecular complexity index is 260. The highest BCUT2D eigenvalue weighted by Gasteiger charge is 2.17. The maximum absolute atomic E-state index is 12.3. The van der Waals surface area contributed by atoms with Gasteiger partial charge in [0.2, 0.25) is 5.24 Å². The summed E-state index contributed by atoms with van der Waals surface area (Å²) in [5.74, 6) is -0.812. The fraction of sp³-hybridized carbons (Fsp3) is 0.222. The van der Waals surface area contributed by atoms with E-state index in [1.54, 1.807) is 30.3 Å². The van der Waals surface area contributed by atoms with Crippen LogP contribution in [0.1, 0.15) is 11.5 Å². The molecule has 1 unspecified atom stereocenters. The second kappa shape index (κ2) is 4.21. The highest BCUT2D eigenvalue weighted by molar-refractivity contribution is 6.64. The lowest BCUT2D eigenvalue weighted by molar-refractivity contribution is -0.113. The average molecular weight is 187 g/mol. The Hall–Kier alpha value is -0.890. The highest BCUT2D eigenvalue weighted by Crippen LogP contribution is 2.18. The van der Waals surface area contributed by atoms with Crippen LogP contribution < -0.4 is 0 Å². The molecular formula is C9H8ClFO. The summed E-state index contributed by atoms with van der Waals surface area (Å²) in [4.78, 5) is 10.7. The summed E-state index contributed by atoms with van der Waals surface area (Å²) < 4.78 is 12.3. The maximum atomic E-state index is 12.3. The zero-order valence-electron chi connectivity index (χ0n) is 6.34. The van der Waals surface area contributed by atoms with Gasteiger partial charge in [0, 0.05) is 0 Å². The van der Waals surface area contributed by atoms with Crippen LogP contribution in [-0.4, -0.2) is 11.9 Å². The molecule has 0 saturated carbocycles. The number of carbonyl (C=O) groups excluding carboxylic acids is 1. The molecule has 0 heterocycles. The molecule has 1 aromatic carbocycles. The van der Waals surface area contributed by atoms with Gasteiger partial charge in [0.05, 0.1) is 5.92 Å². The molecule has 0 saturated heterocycles. The van der Waals surface area contributed by atoms with Gasteiger partial charge in [-0.25, -0.2) is 4.39 Å². The van der Waals surface area contributed by atoms with Crippen molar-refractivity contribution < 1.29 is 9.18 Å². The van der Waals surface area contributed by atoms with Crippen molar-refractivity contribution in [2.75, 3.05) is 6.67 Å². The number of rotatable bonds is 3. The Balaban J connectivity index is 2.88. The van der Waals surface area contributed by atoms with Crippen molar-refractivity contribution in [3.63, 3.8) is 0 Å². The normalized spacial score (nSPS) is 12.5. The van der Waals surface area contributed by atoms with Crippen molar-refractivity contribution in [3.8, 4) is 0 Å². The van der Waals surface area contributed by atoms with Crippen molar-refractivity contribution in [2.24, 2.45) is 0 Å². The second-order valence-electron chi connectivity index (χ2n) is 2.42. The maximum Gasteiger partial charge on any atom is 0.231 e. The first-order chi connectivity index (χ1) is 5.75. The highest BCUT2D eigenvalue weighted by atomic mass is 35.5. The summed E-state index contributed by atoms with van der Waals surface area (Å²) >= 11 is 5.20. The monoisotopic (exact) mass is 186 g/mol. The van der Waals surface area contributed by atoms with Gasteiger partial charge < -0.3 is 0 Å². The fourth-order valence-corrected chi connectivity index (χ4v) is 1.15. The molecule has 0 amide bonds. The Morgan fingerprint density at radius 1 is 1.42 bits per heavy atom. The van der Waals surface area contributed by atoms with E-state index < -0.39 is 17.8 Å². The average Bonchev–Trinajstić information content (AvgIpc) is 2.07. The number of benzene rings is 1. The van der Waals surface area contributed by atoms with Gasteiger partial charge in [0.25, 0.3) is 0 Å². The Kier molecular flexibility index (Phi) is 3.23. The quantitative estimate of drug-likeness (QED) is 0.663. The minimum absolute atomic E-state index is 0.625. The van der Waals surface area contributed by atoms with E-state index >= 15 is 0 Å². The first-order valence-electron chi connectivity index (χ1n) is 3.56. The van der Waals surface area contributed by atoms with Gasteiger partial charge in [0.15, 0.2) is 0 Å². The van der Waals surface area contributed by atoms with Gasteiger partial charge in [0.1, 0.15) is 6.67 Å². The standard InChI is InChI=1S/C9H8ClFO/c10-9(12)8(6-11)7-4-2-1-3-5-7/h1-5,8H,6H2. The molecule has 1 atom stereocenters. The minimum Gasteiger partial charge on any atom is -0.281 e. The summed E-state index contributed by atoms with van der Waals surface area (Å²) in [7, 11) is 0. The molecule has 0 aliphatic rings. The van der Waals surface area contributed by atoms with Crippen LogP contribution in [0.5, 0.6) is 0 Å². The smallest absolute Gasteiger partial charge is 0.231 e. The van der Waals surface area contributed by atoms with Crippen molar-refractivity contribution in [1.82, 2.24) is 0 Å². The molecule has 0 fully saturated rings. The molecule has 12 heavy (non-hydrogen) atoms. The van der Waals surface area contributed by atoms with Crippen LogP contribution in [0.3, 0.4) is 0 Å². The van der Waals surface area contributed by atoms with Crippen LogP contribution in [0.25, 0.3) is 0 Å². The van der Waals surface area contributed by atoms with Gasteiger partial charge in [-0.3, -0.25) is 4.79 Å². The molecule has 1 rings (SSSR count). The van der Waals surface area contributed by atoms with E-state index in [1.165, 1.54) is 0 Å². The Morgan fingerprint density at radius 2 is 2.00 bits per heavy atom. The third-order valence-corrected chi connectivity index (χ3v) is 1.89. The van der Waals surface area contributed by atoms with E-state index in [0.29, 0.717) is 5.56 Å². The van der Waals surface area contributed by atoms with E-state index in [4.69, 9.17) is 11.6 Å². The van der Waals surface area contributed by atoms with Crippen molar-refractivity contribution >= 4 is 16.8 Å². The zero-order chi connectivity index (χ0) is 8.97. The van der Waals surface area contributed by atoms with E-state index in [9.17, 15) is 9.18 Å². The Labute approximate surface area is 75.2 Å². The van der Waals surface area contributed by atoms with Gasteiger partial charge in [-0.05, 0) is 17.2 Å². The van der Waals surface area contributed by atoms with Crippen LogP contribution in [0, 0.1) is 0 Å². The molecule has 3 heteroatoms. The second-order valence-corrected chi connectivity index (χ2v) is 2.79. The van der Waals surface area contributed by atoms with Crippen LogP contribution >= 0.6 is 11.6 Å². The summed E-state index contributed by atoms with van der Waals surface area (Å²) in [5.41, 5.74) is 0.625. The zero-order valence-corrected chi connectivity index (χ0v) is 7.09. The van der Waals surface area contributed by atoms with Crippen molar-refractivity contribution in [1.29, 1.82) is 0 Å². The van der Waals surface area contributed by atoms with Crippen LogP contribution in [0.4, 0.5) is 4.39 Å². The van der Waals surface area contributed by atoms with Crippen LogP contribution in [0.2, 0.25) is 0 Å². The predicted molar refractivity (Wildman–Crippen MR) is 46.0 cm³/mol. The van der Waals surface area contributed by atoms with Gasteiger partial charge in [-0.2, -0.15) is 0 Å². The molecule has 1 nitrogen and oxygen atoms in total. The third-order valence-electron chi connectivity index (χ3n) is 1.63. The molecule has 0 aliphatic heterocycles. The van der Waals surface area contributed by atoms with Crippen molar-refractivity contribution in [3.05, 3.63) is 35.9 Å². The molecule has 0 bridgehead atoms. The summed E-state index contributed by atoms with van der Waals surface area (Å²) in [5, 5.41) is -0.649. The van der Waals surface area contributed by atoms with Gasteiger partial charge >= 0.3 is 0 Å². The fourth-order valence-electron chi connectivity index (χ4n) is 0.966. The topological polar surface area (TPSA) is 17.1 Å². The number of halogens is 2. The first kappa shape index (κ1) is 9.20. The lowest BCUT2D eigenvalue weighted by atomic mass is 10.0. The van der Waals surface area contributed by atoms with Crippen molar-refractivity contribution in [2.45, 2.75) is 5.92 Å². The van der Waals surface area contributed by atoms with Gasteiger partial charge in [-0.15, -0.1) is 0 Å². The summed E-state index contributed by atoms with van der Waals surface area (Å²) in [6.07, 6.45) is 0. The summed E-state index contributed by atoms with van der Waals surface area (Å²) in [6, 6.07) is 8.67. The number of carbonyl (C=O) groups is 1. The number of hydrogen-bond donors (Lipinski definition) is 0. The molecule has 0 aromatic heterocycles. The molecular weight excluding hydrogens is 179 g/mol. The first-order valence-corrected chi connectivity index (χ1v) is 3.93. The third kappa shape index (κ3) is 2.05. The lowest BCUT2D eigenvalue weighted by Gasteiger charge is -2.06. The molecule has 0 spiro atoms. The van der Waals surface area contributed by atoms with E-state index in [2.05, 4.69) is 0 Å². The molecule has 64 valence electrons. The van der Waals surface area contributed by atoms with Crippen LogP contribution in [0.15, 0.2) is 30.3 Å². The SMILES string of the molecule is O=C(Cl)C(CF)c1ccccc1. The summed E-state index contributed by atoms with van der Waals surface area (Å²) in [6.45, 7) is -0.744. The van der Waals surface area contributed by atoms with E-state index in [0.717, 1.165) is 0 Å². The van der Waals surface area contributed by atoms with Gasteiger partial charge in [-0.1, -0.05) is 30.3 Å². The van der Waals surface area contributed by atoms with Crippen LogP contribution in [-0.2, 0) is 4.79 Å². The van der Waals surface area contributed by atoms with E-state index in [-0.39, 0.29) is 0 Å². The number of hydrogen-bond acceptors (Lipinski definition) is 1. The molecule has 0 radical (unpaired) electrons. The van der Waals surface area contributed by atoms with E-state index in [1.807, 2.05) is 0 Å². The number of alkyl halides is 1. The lowest BCUT2D eigenvalue weighted by Crippen LogP contribution is -2.08. The largest absolute Gasteiger partial charge is 0.281 e. The molecule has 1 aromatic rings. The molecule has 0 aliphatic carbocycles. The predicted octanol–water partition coefficient (Wildman–Crippen LogP) is 2.51. The molecule has 0 N–H and O–H groups in total.